The lowest BCUT2D eigenvalue weighted by Crippen LogP contribution is -2.56. The van der Waals surface area contributed by atoms with Gasteiger partial charge in [0.1, 0.15) is 6.10 Å². The molecule has 6 fully saturated rings. The molecule has 244 valence electrons. The van der Waals surface area contributed by atoms with E-state index < -0.39 is 0 Å². The van der Waals surface area contributed by atoms with Gasteiger partial charge in [-0.15, -0.1) is 0 Å². The number of rotatable bonds is 5. The van der Waals surface area contributed by atoms with Crippen molar-refractivity contribution >= 4 is 12.1 Å². The molecule has 1 amide bonds. The number of carbonyl (C=O) groups is 2. The van der Waals surface area contributed by atoms with Gasteiger partial charge >= 0.3 is 12.1 Å². The normalized spacial score (nSPS) is 45.5. The highest BCUT2D eigenvalue weighted by atomic mass is 16.6. The van der Waals surface area contributed by atoms with Crippen molar-refractivity contribution in [2.45, 2.75) is 130 Å². The second kappa shape index (κ2) is 11.8. The van der Waals surface area contributed by atoms with Gasteiger partial charge in [0.15, 0.2) is 0 Å². The van der Waals surface area contributed by atoms with E-state index in [2.05, 4.69) is 39.9 Å². The lowest BCUT2D eigenvalue weighted by Gasteiger charge is -2.55. The van der Waals surface area contributed by atoms with Crippen LogP contribution in [0.3, 0.4) is 0 Å². The van der Waals surface area contributed by atoms with Crippen molar-refractivity contribution in [3.05, 3.63) is 0 Å². The SMILES string of the molecule is CC[C@]1(C)CC[C@@]23CC24CC[C@H](OC(=O)N2CCOCC2)C(C)(C)C4CC[C@H]3NCC2OC(CCC(=O)OC)CC(C)C21. The Hall–Kier alpha value is -1.38. The van der Waals surface area contributed by atoms with Crippen LogP contribution in [0.5, 0.6) is 0 Å². The minimum absolute atomic E-state index is 0.0306. The Balaban J connectivity index is 1.19. The molecule has 1 N–H and O–H groups in total. The zero-order chi connectivity index (χ0) is 30.6. The maximum absolute atomic E-state index is 13.1. The van der Waals surface area contributed by atoms with Gasteiger partial charge in [0.05, 0.1) is 32.5 Å². The van der Waals surface area contributed by atoms with Crippen LogP contribution in [0, 0.1) is 39.4 Å². The maximum Gasteiger partial charge on any atom is 0.410 e. The van der Waals surface area contributed by atoms with Gasteiger partial charge in [0.25, 0.3) is 0 Å². The first kappa shape index (κ1) is 31.6. The van der Waals surface area contributed by atoms with E-state index in [0.29, 0.717) is 67.3 Å². The highest BCUT2D eigenvalue weighted by Gasteiger charge is 2.77. The summed E-state index contributed by atoms with van der Waals surface area (Å²) in [6.07, 6.45) is 11.8. The third-order valence-electron chi connectivity index (χ3n) is 13.9. The molecular formula is C35H58N2O6. The number of amides is 1. The minimum Gasteiger partial charge on any atom is -0.469 e. The number of carbonyl (C=O) groups excluding carboxylic acids is 2. The molecule has 0 radical (unpaired) electrons. The Morgan fingerprint density at radius 2 is 1.79 bits per heavy atom. The molecule has 8 heteroatoms. The van der Waals surface area contributed by atoms with Gasteiger partial charge in [-0.1, -0.05) is 41.0 Å². The fraction of sp³-hybridized carbons (Fsp3) is 0.943. The standard InChI is InChI=1S/C35H58N2O6/c1-7-33(5)14-15-35-22-34(35)13-12-28(43-31(39)37-16-18-41-19-17-37)32(3,4)26(34)9-10-27(35)36-21-25-30(33)23(2)20-24(42-25)8-11-29(38)40-6/h23-28,30,36H,7-22H2,1-6H3/t23?,24?,25?,26?,27-,28+,30?,33-,34?,35+/m1/s1. The molecule has 3 aliphatic heterocycles. The summed E-state index contributed by atoms with van der Waals surface area (Å²) in [6, 6.07) is 0.515. The predicted molar refractivity (Wildman–Crippen MR) is 164 cm³/mol. The summed E-state index contributed by atoms with van der Waals surface area (Å²) in [4.78, 5) is 26.8. The van der Waals surface area contributed by atoms with Gasteiger partial charge in [-0.2, -0.15) is 0 Å². The number of hydrogen-bond donors (Lipinski definition) is 1. The molecule has 2 spiro atoms. The number of fused-ring (bicyclic) bond motifs is 1. The van der Waals surface area contributed by atoms with Crippen LogP contribution < -0.4 is 5.32 Å². The van der Waals surface area contributed by atoms with Gasteiger partial charge in [-0.05, 0) is 91.8 Å². The molecule has 3 saturated carbocycles. The van der Waals surface area contributed by atoms with E-state index in [1.165, 1.54) is 45.6 Å². The lowest BCUT2D eigenvalue weighted by atomic mass is 9.52. The summed E-state index contributed by atoms with van der Waals surface area (Å²) >= 11 is 0. The largest absolute Gasteiger partial charge is 0.469 e. The Morgan fingerprint density at radius 3 is 2.51 bits per heavy atom. The molecule has 3 aliphatic carbocycles. The van der Waals surface area contributed by atoms with Crippen molar-refractivity contribution in [1.82, 2.24) is 10.2 Å². The first-order valence-corrected chi connectivity index (χ1v) is 17.5. The molecule has 0 bridgehead atoms. The highest BCUT2D eigenvalue weighted by Crippen LogP contribution is 2.82. The van der Waals surface area contributed by atoms with Crippen LogP contribution in [0.25, 0.3) is 0 Å². The first-order valence-electron chi connectivity index (χ1n) is 17.5. The predicted octanol–water partition coefficient (Wildman–Crippen LogP) is 5.96. The third kappa shape index (κ3) is 5.33. The molecule has 10 atom stereocenters. The van der Waals surface area contributed by atoms with Crippen LogP contribution in [0.4, 0.5) is 4.79 Å². The monoisotopic (exact) mass is 602 g/mol. The van der Waals surface area contributed by atoms with E-state index in [0.717, 1.165) is 32.2 Å². The van der Waals surface area contributed by atoms with E-state index >= 15 is 0 Å². The zero-order valence-corrected chi connectivity index (χ0v) is 27.8. The Bertz CT molecular complexity index is 1050. The minimum atomic E-state index is -0.152. The van der Waals surface area contributed by atoms with E-state index in [1.54, 1.807) is 0 Å². The first-order chi connectivity index (χ1) is 20.5. The van der Waals surface area contributed by atoms with Crippen molar-refractivity contribution in [3.63, 3.8) is 0 Å². The summed E-state index contributed by atoms with van der Waals surface area (Å²) in [7, 11) is 1.47. The number of morpholine rings is 1. The molecule has 0 aromatic carbocycles. The number of nitrogens with one attached hydrogen (secondary N) is 1. The van der Waals surface area contributed by atoms with Crippen molar-refractivity contribution in [2.75, 3.05) is 40.0 Å². The van der Waals surface area contributed by atoms with Crippen molar-refractivity contribution in [2.24, 2.45) is 39.4 Å². The quantitative estimate of drug-likeness (QED) is 0.389. The lowest BCUT2D eigenvalue weighted by molar-refractivity contribution is -0.152. The summed E-state index contributed by atoms with van der Waals surface area (Å²) < 4.78 is 23.6. The van der Waals surface area contributed by atoms with Gasteiger partial charge < -0.3 is 29.2 Å². The molecule has 3 saturated heterocycles. The Labute approximate surface area is 259 Å². The topological polar surface area (TPSA) is 86.3 Å². The number of hydrogen-bond acceptors (Lipinski definition) is 7. The molecule has 6 unspecified atom stereocenters. The highest BCUT2D eigenvalue weighted by molar-refractivity contribution is 5.69. The van der Waals surface area contributed by atoms with Gasteiger partial charge in [-0.3, -0.25) is 4.79 Å². The zero-order valence-electron chi connectivity index (χ0n) is 27.8. The maximum atomic E-state index is 13.1. The van der Waals surface area contributed by atoms with Crippen LogP contribution in [0.15, 0.2) is 0 Å². The molecule has 6 aliphatic rings. The van der Waals surface area contributed by atoms with Crippen molar-refractivity contribution in [1.29, 1.82) is 0 Å². The molecule has 0 aromatic rings. The second-order valence-electron chi connectivity index (χ2n) is 16.1. The molecule has 0 aromatic heterocycles. The van der Waals surface area contributed by atoms with Crippen LogP contribution >= 0.6 is 0 Å². The number of methoxy groups -OCH3 is 1. The van der Waals surface area contributed by atoms with Gasteiger partial charge in [0.2, 0.25) is 0 Å². The summed E-state index contributed by atoms with van der Waals surface area (Å²) in [5.41, 5.74) is 0.845. The third-order valence-corrected chi connectivity index (χ3v) is 13.9. The Morgan fingerprint density at radius 1 is 1.02 bits per heavy atom. The van der Waals surface area contributed by atoms with Crippen molar-refractivity contribution < 1.29 is 28.5 Å². The Kier molecular flexibility index (Phi) is 8.64. The molecule has 8 nitrogen and oxygen atoms in total. The van der Waals surface area contributed by atoms with Crippen LogP contribution in [0.2, 0.25) is 0 Å². The molecular weight excluding hydrogens is 544 g/mol. The van der Waals surface area contributed by atoms with Crippen LogP contribution in [0.1, 0.15) is 105 Å². The second-order valence-corrected chi connectivity index (χ2v) is 16.1. The van der Waals surface area contributed by atoms with Gasteiger partial charge in [0, 0.05) is 37.5 Å². The van der Waals surface area contributed by atoms with Gasteiger partial charge in [-0.25, -0.2) is 4.79 Å². The molecule has 6 rings (SSSR count). The van der Waals surface area contributed by atoms with Crippen LogP contribution in [-0.4, -0.2) is 81.3 Å². The fourth-order valence-corrected chi connectivity index (χ4v) is 11.4. The van der Waals surface area contributed by atoms with E-state index in [4.69, 9.17) is 18.9 Å². The summed E-state index contributed by atoms with van der Waals surface area (Å²) in [6.45, 7) is 15.5. The summed E-state index contributed by atoms with van der Waals surface area (Å²) in [5.74, 6) is 1.49. The van der Waals surface area contributed by atoms with Crippen molar-refractivity contribution in [3.8, 4) is 0 Å². The average molecular weight is 603 g/mol. The van der Waals surface area contributed by atoms with Crippen LogP contribution in [-0.2, 0) is 23.7 Å². The number of nitrogens with zero attached hydrogens (tertiary/aromatic N) is 1. The smallest absolute Gasteiger partial charge is 0.410 e. The number of ether oxygens (including phenoxy) is 4. The van der Waals surface area contributed by atoms with E-state index in [1.807, 2.05) is 4.90 Å². The van der Waals surface area contributed by atoms with E-state index in [9.17, 15) is 9.59 Å². The fourth-order valence-electron chi connectivity index (χ4n) is 11.4. The summed E-state index contributed by atoms with van der Waals surface area (Å²) in [5, 5.41) is 4.15. The molecule has 3 heterocycles. The number of esters is 1. The average Bonchev–Trinajstić information content (AvgIpc) is 3.67. The van der Waals surface area contributed by atoms with E-state index in [-0.39, 0.29) is 41.2 Å². The molecule has 43 heavy (non-hydrogen) atoms.